The fourth-order valence-corrected chi connectivity index (χ4v) is 4.54. The van der Waals surface area contributed by atoms with Crippen molar-refractivity contribution in [2.45, 2.75) is 25.8 Å². The van der Waals surface area contributed by atoms with Crippen LogP contribution in [0.1, 0.15) is 24.2 Å². The molecule has 0 saturated carbocycles. The molecular weight excluding hydrogens is 432 g/mol. The number of carbonyl (C=O) groups excluding carboxylic acids is 1. The van der Waals surface area contributed by atoms with Crippen molar-refractivity contribution in [1.29, 1.82) is 0 Å². The fourth-order valence-electron chi connectivity index (χ4n) is 4.54. The molecule has 2 aromatic heterocycles. The van der Waals surface area contributed by atoms with E-state index in [1.807, 2.05) is 24.3 Å². The van der Waals surface area contributed by atoms with Gasteiger partial charge in [0.15, 0.2) is 11.4 Å². The number of furan rings is 1. The number of hydrogen-bond donors (Lipinski definition) is 2. The third-order valence-electron chi connectivity index (χ3n) is 6.07. The predicted octanol–water partition coefficient (Wildman–Crippen LogP) is 3.97. The lowest BCUT2D eigenvalue weighted by molar-refractivity contribution is -0.138. The van der Waals surface area contributed by atoms with E-state index in [1.54, 1.807) is 36.1 Å². The Hall–Kier alpha value is -4.38. The lowest BCUT2D eigenvalue weighted by Gasteiger charge is -2.22. The summed E-state index contributed by atoms with van der Waals surface area (Å²) < 4.78 is 6.04. The molecular formula is C26H22N4O4. The summed E-state index contributed by atoms with van der Waals surface area (Å²) >= 11 is 0. The predicted molar refractivity (Wildman–Crippen MR) is 129 cm³/mol. The quantitative estimate of drug-likeness (QED) is 0.439. The molecule has 3 heterocycles. The molecule has 8 heteroatoms. The van der Waals surface area contributed by atoms with Crippen molar-refractivity contribution in [3.8, 4) is 12.3 Å². The van der Waals surface area contributed by atoms with Gasteiger partial charge >= 0.3 is 5.97 Å². The van der Waals surface area contributed by atoms with Crippen LogP contribution in [0.2, 0.25) is 0 Å². The van der Waals surface area contributed by atoms with Gasteiger partial charge in [-0.25, -0.2) is 14.8 Å². The second-order valence-corrected chi connectivity index (χ2v) is 8.45. The number of aliphatic carboxylic acids is 1. The summed E-state index contributed by atoms with van der Waals surface area (Å²) in [6, 6.07) is 13.7. The number of para-hydroxylation sites is 1. The Balaban J connectivity index is 1.41. The maximum absolute atomic E-state index is 12.7. The highest BCUT2D eigenvalue weighted by Gasteiger charge is 2.40. The van der Waals surface area contributed by atoms with Gasteiger partial charge in [-0.2, -0.15) is 0 Å². The zero-order chi connectivity index (χ0) is 23.8. The highest BCUT2D eigenvalue weighted by atomic mass is 16.4. The summed E-state index contributed by atoms with van der Waals surface area (Å²) in [4.78, 5) is 35.6. The van der Waals surface area contributed by atoms with Crippen LogP contribution >= 0.6 is 0 Å². The first-order valence-electron chi connectivity index (χ1n) is 10.9. The molecule has 1 aliphatic heterocycles. The van der Waals surface area contributed by atoms with E-state index < -0.39 is 12.0 Å². The average molecular weight is 454 g/mol. The first-order chi connectivity index (χ1) is 16.4. The van der Waals surface area contributed by atoms with Crippen LogP contribution in [-0.4, -0.2) is 39.5 Å². The Morgan fingerprint density at radius 1 is 1.21 bits per heavy atom. The maximum Gasteiger partial charge on any atom is 0.326 e. The highest BCUT2D eigenvalue weighted by Crippen LogP contribution is 2.37. The summed E-state index contributed by atoms with van der Waals surface area (Å²) in [7, 11) is 0. The van der Waals surface area contributed by atoms with E-state index in [-0.39, 0.29) is 18.2 Å². The van der Waals surface area contributed by atoms with Gasteiger partial charge in [0.1, 0.15) is 23.0 Å². The van der Waals surface area contributed by atoms with Crippen molar-refractivity contribution in [1.82, 2.24) is 9.97 Å². The highest BCUT2D eigenvalue weighted by molar-refractivity contribution is 6.06. The van der Waals surface area contributed by atoms with Crippen molar-refractivity contribution < 1.29 is 19.1 Å². The van der Waals surface area contributed by atoms with Crippen molar-refractivity contribution in [3.63, 3.8) is 0 Å². The standard InChI is InChI=1S/C26H22N4O4/c1-3-16-8-10-18(11-9-16)29-22(31)13-17-12-20(26(32)33)30(14-17)25-24-23(27-15(2)28-25)19-6-4-5-7-21(19)34-24/h1,4-11,17,20H,12-14H2,2H3,(H,29,31)(H,32,33)/t17-,20+/m1/s1. The zero-order valence-electron chi connectivity index (χ0n) is 18.5. The molecule has 2 N–H and O–H groups in total. The van der Waals surface area contributed by atoms with E-state index in [4.69, 9.17) is 10.8 Å². The van der Waals surface area contributed by atoms with Gasteiger partial charge in [-0.3, -0.25) is 4.79 Å². The number of nitrogens with zero attached hydrogens (tertiary/aromatic N) is 3. The summed E-state index contributed by atoms with van der Waals surface area (Å²) in [5.41, 5.74) is 3.14. The molecule has 4 aromatic rings. The normalized spacial score (nSPS) is 17.7. The van der Waals surface area contributed by atoms with E-state index >= 15 is 0 Å². The monoisotopic (exact) mass is 454 g/mol. The number of carbonyl (C=O) groups is 2. The van der Waals surface area contributed by atoms with Crippen LogP contribution in [0.25, 0.3) is 22.1 Å². The zero-order valence-corrected chi connectivity index (χ0v) is 18.5. The smallest absolute Gasteiger partial charge is 0.326 e. The van der Waals surface area contributed by atoms with Crippen LogP contribution in [-0.2, 0) is 9.59 Å². The lowest BCUT2D eigenvalue weighted by atomic mass is 10.0. The number of fused-ring (bicyclic) bond motifs is 3. The van der Waals surface area contributed by atoms with Crippen LogP contribution in [0.15, 0.2) is 52.9 Å². The Bertz CT molecular complexity index is 1450. The third-order valence-corrected chi connectivity index (χ3v) is 6.07. The number of aromatic nitrogens is 2. The lowest BCUT2D eigenvalue weighted by Crippen LogP contribution is -2.36. The molecule has 0 spiro atoms. The summed E-state index contributed by atoms with van der Waals surface area (Å²) in [5.74, 6) is 2.19. The number of amides is 1. The molecule has 0 aliphatic carbocycles. The molecule has 2 aromatic carbocycles. The van der Waals surface area contributed by atoms with Gasteiger partial charge in [0.25, 0.3) is 0 Å². The third kappa shape index (κ3) is 3.92. The second kappa shape index (κ2) is 8.52. The van der Waals surface area contributed by atoms with Gasteiger partial charge in [0.2, 0.25) is 5.91 Å². The van der Waals surface area contributed by atoms with Crippen LogP contribution in [0.3, 0.4) is 0 Å². The maximum atomic E-state index is 12.7. The van der Waals surface area contributed by atoms with E-state index in [0.29, 0.717) is 47.0 Å². The van der Waals surface area contributed by atoms with E-state index in [9.17, 15) is 14.7 Å². The number of anilines is 2. The SMILES string of the molecule is C#Cc1ccc(NC(=O)C[C@H]2C[C@@H](C(=O)O)N(c3nc(C)nc4c3oc3ccccc34)C2)cc1. The Labute approximate surface area is 195 Å². The van der Waals surface area contributed by atoms with Crippen LogP contribution in [0.5, 0.6) is 0 Å². The van der Waals surface area contributed by atoms with Gasteiger partial charge in [-0.1, -0.05) is 18.1 Å². The number of terminal acetylenes is 1. The Kier molecular flexibility index (Phi) is 5.38. The van der Waals surface area contributed by atoms with Crippen LogP contribution < -0.4 is 10.2 Å². The van der Waals surface area contributed by atoms with Gasteiger partial charge < -0.3 is 19.7 Å². The van der Waals surface area contributed by atoms with Gasteiger partial charge in [0, 0.05) is 29.6 Å². The molecule has 1 amide bonds. The van der Waals surface area contributed by atoms with Gasteiger partial charge in [0.05, 0.1) is 0 Å². The van der Waals surface area contributed by atoms with Gasteiger partial charge in [-0.05, 0) is 55.7 Å². The molecule has 34 heavy (non-hydrogen) atoms. The topological polar surface area (TPSA) is 109 Å². The molecule has 2 atom stereocenters. The number of carboxylic acids is 1. The van der Waals surface area contributed by atoms with E-state index in [1.165, 1.54) is 0 Å². The van der Waals surface area contributed by atoms with Crippen LogP contribution in [0.4, 0.5) is 11.5 Å². The van der Waals surface area contributed by atoms with E-state index in [0.717, 1.165) is 10.9 Å². The summed E-state index contributed by atoms with van der Waals surface area (Å²) in [6.07, 6.45) is 5.88. The fraction of sp³-hybridized carbons (Fsp3) is 0.231. The van der Waals surface area contributed by atoms with Gasteiger partial charge in [-0.15, -0.1) is 6.42 Å². The first-order valence-corrected chi connectivity index (χ1v) is 10.9. The number of carboxylic acid groups (broad SMARTS) is 1. The average Bonchev–Trinajstić information content (AvgIpc) is 3.41. The molecule has 1 aliphatic rings. The minimum Gasteiger partial charge on any atom is -0.480 e. The van der Waals surface area contributed by atoms with Crippen LogP contribution in [0, 0.1) is 25.2 Å². The number of nitrogens with one attached hydrogen (secondary N) is 1. The summed E-state index contributed by atoms with van der Waals surface area (Å²) in [6.45, 7) is 2.13. The van der Waals surface area contributed by atoms with Crippen molar-refractivity contribution in [3.05, 3.63) is 59.9 Å². The first kappa shape index (κ1) is 21.5. The molecule has 5 rings (SSSR count). The molecule has 0 radical (unpaired) electrons. The Morgan fingerprint density at radius 2 is 1.97 bits per heavy atom. The summed E-state index contributed by atoms with van der Waals surface area (Å²) in [5, 5.41) is 13.6. The minimum absolute atomic E-state index is 0.166. The molecule has 0 bridgehead atoms. The van der Waals surface area contributed by atoms with E-state index in [2.05, 4.69) is 21.2 Å². The number of benzene rings is 2. The second-order valence-electron chi connectivity index (χ2n) is 8.45. The number of hydrogen-bond acceptors (Lipinski definition) is 6. The molecule has 0 unspecified atom stereocenters. The Morgan fingerprint density at radius 3 is 2.71 bits per heavy atom. The molecule has 8 nitrogen and oxygen atoms in total. The molecule has 1 saturated heterocycles. The van der Waals surface area contributed by atoms with Crippen molar-refractivity contribution in [2.75, 3.05) is 16.8 Å². The molecule has 1 fully saturated rings. The largest absolute Gasteiger partial charge is 0.480 e. The minimum atomic E-state index is -0.965. The number of rotatable bonds is 5. The van der Waals surface area contributed by atoms with Crippen molar-refractivity contribution in [2.24, 2.45) is 5.92 Å². The molecule has 170 valence electrons. The number of aryl methyl sites for hydroxylation is 1. The van der Waals surface area contributed by atoms with Crippen molar-refractivity contribution >= 4 is 45.5 Å².